The quantitative estimate of drug-likeness (QED) is 0.170. The molecule has 0 radical (unpaired) electrons. The summed E-state index contributed by atoms with van der Waals surface area (Å²) in [5.41, 5.74) is 9.97. The first kappa shape index (κ1) is 31.8. The zero-order chi connectivity index (χ0) is 33.0. The van der Waals surface area contributed by atoms with Crippen molar-refractivity contribution in [1.82, 2.24) is 44.1 Å². The van der Waals surface area contributed by atoms with E-state index in [9.17, 15) is 0 Å². The van der Waals surface area contributed by atoms with E-state index >= 15 is 0 Å². The standard InChI is InChI=1S/C33H45N15/c1-43-15-19-45(20-16-43)13-9-36-32-28(26-7-3-5-11-47(26)41-32)38-30-24(34)23-25(35)31(40-30)39-29-27-8-4-6-12-48(27)42-33(29)37-10-14-46-21-17-44(2)18-22-46/h3-8,11-12,23,34H,9-10,13-22,35H2,1-2H3,(H,36,41)(H,37,42)(H,38,39,40). The normalized spacial score (nSPS) is 20.5. The molecule has 0 aliphatic carbocycles. The van der Waals surface area contributed by atoms with Crippen LogP contribution in [0.3, 0.4) is 0 Å². The van der Waals surface area contributed by atoms with E-state index in [0.717, 1.165) is 89.6 Å². The maximum atomic E-state index is 8.76. The third-order valence-corrected chi connectivity index (χ3v) is 9.17. The van der Waals surface area contributed by atoms with Gasteiger partial charge in [-0.2, -0.15) is 0 Å². The molecule has 6 N–H and O–H groups in total. The van der Waals surface area contributed by atoms with Gasteiger partial charge in [-0.1, -0.05) is 12.1 Å². The van der Waals surface area contributed by atoms with Crippen molar-refractivity contribution in [1.29, 1.82) is 5.41 Å². The third-order valence-electron chi connectivity index (χ3n) is 9.17. The fourth-order valence-electron chi connectivity index (χ4n) is 6.19. The highest BCUT2D eigenvalue weighted by Crippen LogP contribution is 2.32. The predicted octanol–water partition coefficient (Wildman–Crippen LogP) is 1.53. The van der Waals surface area contributed by atoms with Crippen molar-refractivity contribution < 1.29 is 0 Å². The molecule has 3 aliphatic heterocycles. The minimum Gasteiger partial charge on any atom is -0.396 e. The zero-order valence-electron chi connectivity index (χ0n) is 27.7. The number of rotatable bonds is 10. The Kier molecular flexibility index (Phi) is 9.34. The summed E-state index contributed by atoms with van der Waals surface area (Å²) in [7, 11) is 4.33. The maximum Gasteiger partial charge on any atom is 0.175 e. The van der Waals surface area contributed by atoms with Crippen LogP contribution in [0, 0.1) is 5.41 Å². The lowest BCUT2D eigenvalue weighted by molar-refractivity contribution is 0.158. The molecule has 48 heavy (non-hydrogen) atoms. The van der Waals surface area contributed by atoms with Crippen molar-refractivity contribution >= 4 is 51.4 Å². The molecule has 0 atom stereocenters. The predicted molar refractivity (Wildman–Crippen MR) is 193 cm³/mol. The molecule has 4 aromatic heterocycles. The Morgan fingerprint density at radius 1 is 0.729 bits per heavy atom. The Balaban J connectivity index is 1.14. The second-order valence-electron chi connectivity index (χ2n) is 12.7. The molecule has 0 amide bonds. The summed E-state index contributed by atoms with van der Waals surface area (Å²) in [6.07, 6.45) is 5.40. The van der Waals surface area contributed by atoms with Gasteiger partial charge in [-0.15, -0.1) is 10.2 Å². The van der Waals surface area contributed by atoms with Gasteiger partial charge in [-0.25, -0.2) is 19.0 Å². The summed E-state index contributed by atoms with van der Waals surface area (Å²) < 4.78 is 3.62. The number of anilines is 2. The fraction of sp³-hybridized carbons (Fsp3) is 0.424. The van der Waals surface area contributed by atoms with Crippen LogP contribution in [0.2, 0.25) is 0 Å². The van der Waals surface area contributed by atoms with Gasteiger partial charge in [-0.3, -0.25) is 15.2 Å². The zero-order valence-corrected chi connectivity index (χ0v) is 27.7. The Labute approximate surface area is 280 Å². The summed E-state index contributed by atoms with van der Waals surface area (Å²) in [5, 5.41) is 28.6. The van der Waals surface area contributed by atoms with Gasteiger partial charge < -0.3 is 31.5 Å². The number of aliphatic imine (C=N–C) groups is 2. The molecule has 7 heterocycles. The number of nitrogens with two attached hydrogens (primary N) is 1. The van der Waals surface area contributed by atoms with Gasteiger partial charge in [0.2, 0.25) is 0 Å². The average Bonchev–Trinajstić information content (AvgIpc) is 3.62. The second kappa shape index (κ2) is 14.1. The van der Waals surface area contributed by atoms with Gasteiger partial charge in [-0.05, 0) is 44.4 Å². The lowest BCUT2D eigenvalue weighted by Gasteiger charge is -2.32. The summed E-state index contributed by atoms with van der Waals surface area (Å²) in [5.74, 6) is 2.08. The van der Waals surface area contributed by atoms with E-state index in [0.29, 0.717) is 40.4 Å². The van der Waals surface area contributed by atoms with Crippen LogP contribution in [0.15, 0.2) is 70.5 Å². The third kappa shape index (κ3) is 7.04. The van der Waals surface area contributed by atoms with E-state index in [4.69, 9.17) is 31.3 Å². The van der Waals surface area contributed by atoms with E-state index in [2.05, 4.69) is 49.6 Å². The molecular formula is C33H45N15. The van der Waals surface area contributed by atoms with Crippen LogP contribution in [0.25, 0.3) is 11.0 Å². The Morgan fingerprint density at radius 3 is 1.71 bits per heavy atom. The highest BCUT2D eigenvalue weighted by atomic mass is 15.3. The van der Waals surface area contributed by atoms with E-state index in [-0.39, 0.29) is 5.71 Å². The molecule has 0 aromatic carbocycles. The lowest BCUT2D eigenvalue weighted by atomic mass is 10.2. The van der Waals surface area contributed by atoms with Crippen LogP contribution >= 0.6 is 0 Å². The summed E-state index contributed by atoms with van der Waals surface area (Å²) in [6.45, 7) is 11.8. The highest BCUT2D eigenvalue weighted by Gasteiger charge is 2.23. The number of likely N-dealkylation sites (N-methyl/N-ethyl adjacent to an activating group) is 2. The molecule has 0 saturated carbocycles. The minimum absolute atomic E-state index is 0.163. The molecule has 2 saturated heterocycles. The fourth-order valence-corrected chi connectivity index (χ4v) is 6.19. The number of amidine groups is 2. The molecule has 15 heteroatoms. The lowest BCUT2D eigenvalue weighted by Crippen LogP contribution is -2.45. The van der Waals surface area contributed by atoms with Crippen LogP contribution < -0.4 is 21.7 Å². The molecule has 7 rings (SSSR count). The number of hydrogen-bond acceptors (Lipinski definition) is 12. The molecule has 4 aromatic rings. The maximum absolute atomic E-state index is 8.76. The molecule has 0 bridgehead atoms. The van der Waals surface area contributed by atoms with Gasteiger partial charge in [0.1, 0.15) is 11.4 Å². The monoisotopic (exact) mass is 651 g/mol. The number of nitrogens with zero attached hydrogens (tertiary/aromatic N) is 10. The molecule has 252 valence electrons. The van der Waals surface area contributed by atoms with Gasteiger partial charge in [0, 0.05) is 90.9 Å². The van der Waals surface area contributed by atoms with Crippen LogP contribution in [-0.2, 0) is 0 Å². The minimum atomic E-state index is 0.163. The first-order valence-electron chi connectivity index (χ1n) is 16.7. The first-order valence-corrected chi connectivity index (χ1v) is 16.7. The molecule has 0 spiro atoms. The highest BCUT2D eigenvalue weighted by molar-refractivity contribution is 6.50. The summed E-state index contributed by atoms with van der Waals surface area (Å²) >= 11 is 0. The van der Waals surface area contributed by atoms with Crippen molar-refractivity contribution in [2.75, 3.05) is 103 Å². The molecule has 0 unspecified atom stereocenters. The van der Waals surface area contributed by atoms with Gasteiger partial charge in [0.05, 0.1) is 22.4 Å². The number of fused-ring (bicyclic) bond motifs is 2. The smallest absolute Gasteiger partial charge is 0.175 e. The van der Waals surface area contributed by atoms with Crippen molar-refractivity contribution in [3.63, 3.8) is 0 Å². The van der Waals surface area contributed by atoms with E-state index in [1.54, 1.807) is 6.08 Å². The molecule has 2 fully saturated rings. The Morgan fingerprint density at radius 2 is 1.21 bits per heavy atom. The van der Waals surface area contributed by atoms with Crippen LogP contribution in [0.1, 0.15) is 0 Å². The van der Waals surface area contributed by atoms with Crippen molar-refractivity contribution in [3.05, 3.63) is 60.6 Å². The van der Waals surface area contributed by atoms with E-state index < -0.39 is 0 Å². The SMILES string of the molecule is CN1CCN(CCNc2nn3ccccc3c2N=C2NC(=Nc3c(NCCN4CCN(C)CC4)nn4ccccc34)C(N)=CC2=N)CC1. The number of hydrogen-bond donors (Lipinski definition) is 5. The van der Waals surface area contributed by atoms with Crippen molar-refractivity contribution in [3.8, 4) is 0 Å². The topological polar surface area (TPSA) is 158 Å². The van der Waals surface area contributed by atoms with Crippen molar-refractivity contribution in [2.45, 2.75) is 0 Å². The summed E-state index contributed by atoms with van der Waals surface area (Å²) in [6, 6.07) is 11.8. The largest absolute Gasteiger partial charge is 0.396 e. The molecular weight excluding hydrogens is 606 g/mol. The Hall–Kier alpha value is -4.83. The molecule has 15 nitrogen and oxygen atoms in total. The van der Waals surface area contributed by atoms with Crippen LogP contribution in [0.5, 0.6) is 0 Å². The number of pyridine rings is 2. The first-order chi connectivity index (χ1) is 23.4. The number of nitrogens with one attached hydrogen (secondary N) is 4. The number of piperazine rings is 2. The Bertz CT molecular complexity index is 1850. The average molecular weight is 652 g/mol. The van der Waals surface area contributed by atoms with E-state index in [1.165, 1.54) is 0 Å². The van der Waals surface area contributed by atoms with E-state index in [1.807, 2.05) is 57.8 Å². The second-order valence-corrected chi connectivity index (χ2v) is 12.7. The molecule has 3 aliphatic rings. The van der Waals surface area contributed by atoms with Crippen molar-refractivity contribution in [2.24, 2.45) is 15.7 Å². The van der Waals surface area contributed by atoms with Gasteiger partial charge in [0.15, 0.2) is 23.3 Å². The van der Waals surface area contributed by atoms with Gasteiger partial charge in [0.25, 0.3) is 0 Å². The summed E-state index contributed by atoms with van der Waals surface area (Å²) in [4.78, 5) is 19.6. The number of aromatic nitrogens is 4. The van der Waals surface area contributed by atoms with Crippen LogP contribution in [0.4, 0.5) is 23.0 Å². The van der Waals surface area contributed by atoms with Crippen LogP contribution in [-0.4, -0.2) is 149 Å². The van der Waals surface area contributed by atoms with Gasteiger partial charge >= 0.3 is 0 Å².